The van der Waals surface area contributed by atoms with E-state index in [1.807, 2.05) is 4.90 Å². The Morgan fingerprint density at radius 2 is 2.11 bits per heavy atom. The normalized spacial score (nSPS) is 39.9. The van der Waals surface area contributed by atoms with Crippen LogP contribution in [0.3, 0.4) is 0 Å². The van der Waals surface area contributed by atoms with Crippen LogP contribution in [0, 0.1) is 11.8 Å². The summed E-state index contributed by atoms with van der Waals surface area (Å²) in [4.78, 5) is 14.3. The van der Waals surface area contributed by atoms with Gasteiger partial charge in [-0.05, 0) is 43.9 Å². The van der Waals surface area contributed by atoms with Crippen molar-refractivity contribution >= 4 is 5.91 Å². The molecule has 2 aliphatic heterocycles. The zero-order valence-electron chi connectivity index (χ0n) is 11.0. The maximum absolute atomic E-state index is 12.3. The Balaban J connectivity index is 1.51. The molecule has 0 aromatic rings. The monoisotopic (exact) mass is 252 g/mol. The van der Waals surface area contributed by atoms with E-state index in [1.165, 1.54) is 12.8 Å². The first-order valence-corrected chi connectivity index (χ1v) is 7.39. The molecule has 0 aromatic carbocycles. The summed E-state index contributed by atoms with van der Waals surface area (Å²) in [5.74, 6) is 1.50. The van der Waals surface area contributed by atoms with Gasteiger partial charge in [0.25, 0.3) is 0 Å². The van der Waals surface area contributed by atoms with Crippen LogP contribution in [0.25, 0.3) is 0 Å². The fourth-order valence-electron chi connectivity index (χ4n) is 3.80. The number of rotatable bonds is 2. The molecule has 0 aromatic heterocycles. The van der Waals surface area contributed by atoms with E-state index < -0.39 is 0 Å². The second kappa shape index (κ2) is 5.17. The van der Waals surface area contributed by atoms with E-state index in [-0.39, 0.29) is 12.0 Å². The van der Waals surface area contributed by atoms with Gasteiger partial charge in [0.1, 0.15) is 0 Å². The molecule has 4 heteroatoms. The molecular weight excluding hydrogens is 228 g/mol. The Hall–Kier alpha value is -0.610. The van der Waals surface area contributed by atoms with Crippen molar-refractivity contribution in [3.63, 3.8) is 0 Å². The van der Waals surface area contributed by atoms with Crippen LogP contribution >= 0.6 is 0 Å². The number of nitrogens with two attached hydrogens (primary N) is 1. The average Bonchev–Trinajstić information content (AvgIpc) is 2.93. The molecule has 1 aliphatic carbocycles. The van der Waals surface area contributed by atoms with E-state index in [1.54, 1.807) is 0 Å². The molecule has 0 bridgehead atoms. The summed E-state index contributed by atoms with van der Waals surface area (Å²) in [6.45, 7) is 2.65. The van der Waals surface area contributed by atoms with Crippen LogP contribution in [0.2, 0.25) is 0 Å². The van der Waals surface area contributed by atoms with Crippen molar-refractivity contribution in [3.05, 3.63) is 0 Å². The summed E-state index contributed by atoms with van der Waals surface area (Å²) in [6, 6.07) is 0.318. The lowest BCUT2D eigenvalue weighted by Gasteiger charge is -2.25. The van der Waals surface area contributed by atoms with Crippen LogP contribution in [-0.2, 0) is 9.53 Å². The van der Waals surface area contributed by atoms with Crippen LogP contribution in [0.1, 0.15) is 38.5 Å². The molecule has 1 amide bonds. The molecule has 4 unspecified atom stereocenters. The molecule has 2 saturated heterocycles. The van der Waals surface area contributed by atoms with Gasteiger partial charge in [0, 0.05) is 25.7 Å². The number of amides is 1. The van der Waals surface area contributed by atoms with Gasteiger partial charge < -0.3 is 15.4 Å². The maximum atomic E-state index is 12.3. The molecule has 1 saturated carbocycles. The molecule has 4 atom stereocenters. The highest BCUT2D eigenvalue weighted by Gasteiger charge is 2.42. The van der Waals surface area contributed by atoms with Crippen LogP contribution in [-0.4, -0.2) is 42.6 Å². The smallest absolute Gasteiger partial charge is 0.225 e. The highest BCUT2D eigenvalue weighted by molar-refractivity contribution is 5.77. The standard InChI is InChI=1S/C14H24N2O2/c15-13-5-4-10-8-16(9-12(10)13)14(17)7-11-3-1-2-6-18-11/h10-13H,1-9,15H2. The quantitative estimate of drug-likeness (QED) is 0.802. The van der Waals surface area contributed by atoms with Crippen molar-refractivity contribution in [3.8, 4) is 0 Å². The Labute approximate surface area is 109 Å². The van der Waals surface area contributed by atoms with Crippen molar-refractivity contribution in [1.29, 1.82) is 0 Å². The van der Waals surface area contributed by atoms with Gasteiger partial charge in [-0.1, -0.05) is 0 Å². The highest BCUT2D eigenvalue weighted by Crippen LogP contribution is 2.37. The molecule has 4 nitrogen and oxygen atoms in total. The molecule has 2 N–H and O–H groups in total. The average molecular weight is 252 g/mol. The van der Waals surface area contributed by atoms with Crippen LogP contribution < -0.4 is 5.73 Å². The molecule has 3 fully saturated rings. The van der Waals surface area contributed by atoms with Gasteiger partial charge in [-0.3, -0.25) is 4.79 Å². The number of nitrogens with zero attached hydrogens (tertiary/aromatic N) is 1. The Bertz CT molecular complexity index is 315. The van der Waals surface area contributed by atoms with Crippen molar-refractivity contribution < 1.29 is 9.53 Å². The second-order valence-corrected chi connectivity index (χ2v) is 6.16. The third-order valence-corrected chi connectivity index (χ3v) is 4.94. The van der Waals surface area contributed by atoms with Gasteiger partial charge in [0.15, 0.2) is 0 Å². The third-order valence-electron chi connectivity index (χ3n) is 4.94. The SMILES string of the molecule is NC1CCC2CN(C(=O)CC3CCCCO3)CC12. The van der Waals surface area contributed by atoms with E-state index in [0.29, 0.717) is 24.3 Å². The fraction of sp³-hybridized carbons (Fsp3) is 0.929. The van der Waals surface area contributed by atoms with Crippen molar-refractivity contribution in [2.24, 2.45) is 17.6 Å². The largest absolute Gasteiger partial charge is 0.378 e. The first-order chi connectivity index (χ1) is 8.74. The number of ether oxygens (including phenoxy) is 1. The van der Waals surface area contributed by atoms with E-state index >= 15 is 0 Å². The molecule has 18 heavy (non-hydrogen) atoms. The van der Waals surface area contributed by atoms with Gasteiger partial charge in [-0.2, -0.15) is 0 Å². The van der Waals surface area contributed by atoms with Crippen LogP contribution in [0.5, 0.6) is 0 Å². The van der Waals surface area contributed by atoms with Gasteiger partial charge >= 0.3 is 0 Å². The first kappa shape index (κ1) is 12.4. The number of likely N-dealkylation sites (tertiary alicyclic amines) is 1. The topological polar surface area (TPSA) is 55.6 Å². The maximum Gasteiger partial charge on any atom is 0.225 e. The lowest BCUT2D eigenvalue weighted by atomic mass is 9.98. The van der Waals surface area contributed by atoms with E-state index in [2.05, 4.69) is 0 Å². The highest BCUT2D eigenvalue weighted by atomic mass is 16.5. The minimum absolute atomic E-state index is 0.167. The Morgan fingerprint density at radius 3 is 2.83 bits per heavy atom. The van der Waals surface area contributed by atoms with Gasteiger partial charge in [0.05, 0.1) is 12.5 Å². The number of hydrogen-bond donors (Lipinski definition) is 1. The molecule has 102 valence electrons. The summed E-state index contributed by atoms with van der Waals surface area (Å²) in [6.07, 6.45) is 6.49. The summed E-state index contributed by atoms with van der Waals surface area (Å²) in [7, 11) is 0. The molecule has 0 spiro atoms. The Kier molecular flexibility index (Phi) is 3.57. The number of carbonyl (C=O) groups excluding carboxylic acids is 1. The van der Waals surface area contributed by atoms with Crippen LogP contribution in [0.15, 0.2) is 0 Å². The zero-order chi connectivity index (χ0) is 12.5. The Morgan fingerprint density at radius 1 is 1.22 bits per heavy atom. The summed E-state index contributed by atoms with van der Waals surface area (Å²) in [5.41, 5.74) is 6.10. The molecular formula is C14H24N2O2. The number of fused-ring (bicyclic) bond motifs is 1. The minimum atomic E-state index is 0.167. The molecule has 0 radical (unpaired) electrons. The van der Waals surface area contributed by atoms with Crippen molar-refractivity contribution in [2.45, 2.75) is 50.7 Å². The predicted octanol–water partition coefficient (Wildman–Crippen LogP) is 1.14. The third kappa shape index (κ3) is 2.41. The van der Waals surface area contributed by atoms with Gasteiger partial charge in [-0.25, -0.2) is 0 Å². The summed E-state index contributed by atoms with van der Waals surface area (Å²) in [5, 5.41) is 0. The lowest BCUT2D eigenvalue weighted by Crippen LogP contribution is -2.36. The van der Waals surface area contributed by atoms with E-state index in [9.17, 15) is 4.79 Å². The van der Waals surface area contributed by atoms with E-state index in [0.717, 1.165) is 39.0 Å². The minimum Gasteiger partial charge on any atom is -0.378 e. The number of hydrogen-bond acceptors (Lipinski definition) is 3. The lowest BCUT2D eigenvalue weighted by molar-refractivity contribution is -0.134. The van der Waals surface area contributed by atoms with Crippen molar-refractivity contribution in [2.75, 3.05) is 19.7 Å². The van der Waals surface area contributed by atoms with Crippen molar-refractivity contribution in [1.82, 2.24) is 4.90 Å². The molecule has 3 rings (SSSR count). The van der Waals surface area contributed by atoms with Gasteiger partial charge in [-0.15, -0.1) is 0 Å². The number of carbonyl (C=O) groups is 1. The fourth-order valence-corrected chi connectivity index (χ4v) is 3.80. The van der Waals surface area contributed by atoms with E-state index in [4.69, 9.17) is 10.5 Å². The molecule has 2 heterocycles. The van der Waals surface area contributed by atoms with Crippen LogP contribution in [0.4, 0.5) is 0 Å². The summed E-state index contributed by atoms with van der Waals surface area (Å²) < 4.78 is 5.65. The molecule has 3 aliphatic rings. The van der Waals surface area contributed by atoms with Gasteiger partial charge in [0.2, 0.25) is 5.91 Å². The summed E-state index contributed by atoms with van der Waals surface area (Å²) >= 11 is 0. The second-order valence-electron chi connectivity index (χ2n) is 6.16. The predicted molar refractivity (Wildman–Crippen MR) is 69.0 cm³/mol. The first-order valence-electron chi connectivity index (χ1n) is 7.39. The zero-order valence-corrected chi connectivity index (χ0v) is 11.0.